The van der Waals surface area contributed by atoms with E-state index in [9.17, 15) is 4.79 Å². The lowest BCUT2D eigenvalue weighted by Gasteiger charge is -2.30. The van der Waals surface area contributed by atoms with Gasteiger partial charge in [-0.15, -0.1) is 0 Å². The summed E-state index contributed by atoms with van der Waals surface area (Å²) in [6, 6.07) is 13.3. The van der Waals surface area contributed by atoms with Crippen molar-refractivity contribution in [1.82, 2.24) is 19.9 Å². The highest BCUT2D eigenvalue weighted by Crippen LogP contribution is 2.29. The molecule has 28 heavy (non-hydrogen) atoms. The second-order valence-electron chi connectivity index (χ2n) is 6.84. The van der Waals surface area contributed by atoms with Gasteiger partial charge in [0.15, 0.2) is 0 Å². The molecule has 5 nitrogen and oxygen atoms in total. The first kappa shape index (κ1) is 18.6. The SMILES string of the molecule is CCc1nc2c(c(-c3ccc(Cl)cc3)n1)CN(C(=O)Cc1ccccn1)CC2. The molecule has 0 unspecified atom stereocenters. The van der Waals surface area contributed by atoms with Gasteiger partial charge in [0, 0.05) is 54.0 Å². The van der Waals surface area contributed by atoms with Crippen LogP contribution >= 0.6 is 11.6 Å². The van der Waals surface area contributed by atoms with E-state index in [1.165, 1.54) is 0 Å². The number of hydrogen-bond acceptors (Lipinski definition) is 4. The van der Waals surface area contributed by atoms with Gasteiger partial charge in [0.25, 0.3) is 0 Å². The predicted molar refractivity (Wildman–Crippen MR) is 109 cm³/mol. The minimum atomic E-state index is 0.0750. The van der Waals surface area contributed by atoms with Crippen LogP contribution in [-0.2, 0) is 30.6 Å². The Morgan fingerprint density at radius 2 is 1.96 bits per heavy atom. The fourth-order valence-corrected chi connectivity index (χ4v) is 3.58. The van der Waals surface area contributed by atoms with Crippen molar-refractivity contribution in [1.29, 1.82) is 0 Å². The molecule has 0 spiro atoms. The molecule has 4 rings (SSSR count). The summed E-state index contributed by atoms with van der Waals surface area (Å²) >= 11 is 6.05. The lowest BCUT2D eigenvalue weighted by atomic mass is 9.98. The number of hydrogen-bond donors (Lipinski definition) is 0. The summed E-state index contributed by atoms with van der Waals surface area (Å²) in [4.78, 5) is 28.5. The highest BCUT2D eigenvalue weighted by atomic mass is 35.5. The van der Waals surface area contributed by atoms with Crippen LogP contribution in [0.25, 0.3) is 11.3 Å². The molecular weight excluding hydrogens is 372 g/mol. The molecule has 3 heterocycles. The lowest BCUT2D eigenvalue weighted by molar-refractivity contribution is -0.131. The van der Waals surface area contributed by atoms with Gasteiger partial charge in [-0.2, -0.15) is 0 Å². The maximum Gasteiger partial charge on any atom is 0.228 e. The summed E-state index contributed by atoms with van der Waals surface area (Å²) in [6.07, 6.45) is 3.53. The summed E-state index contributed by atoms with van der Waals surface area (Å²) in [5, 5.41) is 0.689. The zero-order chi connectivity index (χ0) is 19.5. The summed E-state index contributed by atoms with van der Waals surface area (Å²) in [6.45, 7) is 3.24. The smallest absolute Gasteiger partial charge is 0.228 e. The number of pyridine rings is 1. The van der Waals surface area contributed by atoms with Gasteiger partial charge in [-0.3, -0.25) is 9.78 Å². The molecular formula is C22H21ClN4O. The summed E-state index contributed by atoms with van der Waals surface area (Å²) < 4.78 is 0. The lowest BCUT2D eigenvalue weighted by Crippen LogP contribution is -2.38. The number of aromatic nitrogens is 3. The van der Waals surface area contributed by atoms with E-state index < -0.39 is 0 Å². The Balaban J connectivity index is 1.65. The number of aryl methyl sites for hydroxylation is 1. The molecule has 0 fully saturated rings. The second kappa shape index (κ2) is 8.07. The topological polar surface area (TPSA) is 59.0 Å². The minimum Gasteiger partial charge on any atom is -0.337 e. The van der Waals surface area contributed by atoms with E-state index in [0.29, 0.717) is 24.5 Å². The van der Waals surface area contributed by atoms with Gasteiger partial charge in [-0.05, 0) is 24.3 Å². The van der Waals surface area contributed by atoms with E-state index in [-0.39, 0.29) is 5.91 Å². The van der Waals surface area contributed by atoms with Gasteiger partial charge in [0.1, 0.15) is 5.82 Å². The second-order valence-corrected chi connectivity index (χ2v) is 7.27. The van der Waals surface area contributed by atoms with Gasteiger partial charge >= 0.3 is 0 Å². The molecule has 1 aliphatic rings. The Kier molecular flexibility index (Phi) is 5.35. The Morgan fingerprint density at radius 1 is 1.14 bits per heavy atom. The van der Waals surface area contributed by atoms with Crippen LogP contribution < -0.4 is 0 Å². The van der Waals surface area contributed by atoms with Crippen LogP contribution in [0.2, 0.25) is 5.02 Å². The van der Waals surface area contributed by atoms with Crippen molar-refractivity contribution in [2.45, 2.75) is 32.7 Å². The molecule has 6 heteroatoms. The molecule has 1 aromatic carbocycles. The molecule has 0 bridgehead atoms. The third kappa shape index (κ3) is 3.90. The number of carbonyl (C=O) groups excluding carboxylic acids is 1. The van der Waals surface area contributed by atoms with Crippen molar-refractivity contribution in [2.24, 2.45) is 0 Å². The van der Waals surface area contributed by atoms with Gasteiger partial charge in [-0.1, -0.05) is 36.7 Å². The largest absolute Gasteiger partial charge is 0.337 e. The van der Waals surface area contributed by atoms with Crippen molar-refractivity contribution < 1.29 is 4.79 Å². The number of benzene rings is 1. The Labute approximate surface area is 169 Å². The maximum absolute atomic E-state index is 12.8. The maximum atomic E-state index is 12.8. The fourth-order valence-electron chi connectivity index (χ4n) is 3.45. The summed E-state index contributed by atoms with van der Waals surface area (Å²) in [5.41, 5.74) is 4.75. The first-order valence-electron chi connectivity index (χ1n) is 9.46. The van der Waals surface area contributed by atoms with Crippen molar-refractivity contribution in [3.63, 3.8) is 0 Å². The molecule has 0 saturated carbocycles. The van der Waals surface area contributed by atoms with Gasteiger partial charge in [-0.25, -0.2) is 9.97 Å². The van der Waals surface area contributed by atoms with Crippen LogP contribution in [0, 0.1) is 0 Å². The van der Waals surface area contributed by atoms with Crippen LogP contribution in [-0.4, -0.2) is 32.3 Å². The van der Waals surface area contributed by atoms with Crippen molar-refractivity contribution in [3.05, 3.63) is 76.5 Å². The molecule has 2 aromatic heterocycles. The number of nitrogens with zero attached hydrogens (tertiary/aromatic N) is 4. The third-order valence-electron chi connectivity index (χ3n) is 4.95. The van der Waals surface area contributed by atoms with Crippen LogP contribution in [0.15, 0.2) is 48.7 Å². The first-order chi connectivity index (χ1) is 13.6. The van der Waals surface area contributed by atoms with Crippen molar-refractivity contribution in [2.75, 3.05) is 6.54 Å². The van der Waals surface area contributed by atoms with E-state index in [1.54, 1.807) is 6.20 Å². The minimum absolute atomic E-state index is 0.0750. The number of halogens is 1. The molecule has 142 valence electrons. The zero-order valence-electron chi connectivity index (χ0n) is 15.7. The van der Waals surface area contributed by atoms with Gasteiger partial charge < -0.3 is 4.90 Å². The molecule has 1 aliphatic heterocycles. The Bertz CT molecular complexity index is 989. The highest BCUT2D eigenvalue weighted by Gasteiger charge is 2.26. The molecule has 0 atom stereocenters. The third-order valence-corrected chi connectivity index (χ3v) is 5.20. The van der Waals surface area contributed by atoms with Crippen molar-refractivity contribution in [3.8, 4) is 11.3 Å². The number of carbonyl (C=O) groups is 1. The first-order valence-corrected chi connectivity index (χ1v) is 9.84. The summed E-state index contributed by atoms with van der Waals surface area (Å²) in [7, 11) is 0. The number of amides is 1. The number of fused-ring (bicyclic) bond motifs is 1. The average molecular weight is 393 g/mol. The van der Waals surface area contributed by atoms with Crippen LogP contribution in [0.1, 0.15) is 29.7 Å². The summed E-state index contributed by atoms with van der Waals surface area (Å²) in [5.74, 6) is 0.905. The number of rotatable bonds is 4. The molecule has 1 amide bonds. The van der Waals surface area contributed by atoms with E-state index in [0.717, 1.165) is 46.9 Å². The zero-order valence-corrected chi connectivity index (χ0v) is 16.5. The van der Waals surface area contributed by atoms with Gasteiger partial charge in [0.05, 0.1) is 17.8 Å². The average Bonchev–Trinajstić information content (AvgIpc) is 2.74. The molecule has 0 saturated heterocycles. The van der Waals surface area contributed by atoms with E-state index in [2.05, 4.69) is 11.9 Å². The Hall–Kier alpha value is -2.79. The Morgan fingerprint density at radius 3 is 2.68 bits per heavy atom. The van der Waals surface area contributed by atoms with Crippen LogP contribution in [0.5, 0.6) is 0 Å². The van der Waals surface area contributed by atoms with Crippen LogP contribution in [0.3, 0.4) is 0 Å². The van der Waals surface area contributed by atoms with Crippen LogP contribution in [0.4, 0.5) is 0 Å². The monoisotopic (exact) mass is 392 g/mol. The van der Waals surface area contributed by atoms with E-state index in [4.69, 9.17) is 21.6 Å². The van der Waals surface area contributed by atoms with Crippen molar-refractivity contribution >= 4 is 17.5 Å². The predicted octanol–water partition coefficient (Wildman–Crippen LogP) is 3.88. The molecule has 0 aliphatic carbocycles. The van der Waals surface area contributed by atoms with E-state index >= 15 is 0 Å². The molecule has 0 radical (unpaired) electrons. The normalized spacial score (nSPS) is 13.3. The van der Waals surface area contributed by atoms with Gasteiger partial charge in [0.2, 0.25) is 5.91 Å². The standard InChI is InChI=1S/C22H21ClN4O/c1-2-20-25-19-10-12-27(21(28)13-17-5-3-4-11-24-17)14-18(19)22(26-20)15-6-8-16(23)9-7-15/h3-9,11H,2,10,12-14H2,1H3. The molecule has 3 aromatic rings. The quantitative estimate of drug-likeness (QED) is 0.676. The highest BCUT2D eigenvalue weighted by molar-refractivity contribution is 6.30. The molecule has 0 N–H and O–H groups in total. The fraction of sp³-hybridized carbons (Fsp3) is 0.273. The van der Waals surface area contributed by atoms with E-state index in [1.807, 2.05) is 47.4 Å².